The Balaban J connectivity index is 1.98. The predicted octanol–water partition coefficient (Wildman–Crippen LogP) is 0.782. The molecule has 1 heterocycles. The van der Waals surface area contributed by atoms with Gasteiger partial charge in [-0.1, -0.05) is 13.8 Å². The van der Waals surface area contributed by atoms with E-state index in [-0.39, 0.29) is 23.7 Å². The highest BCUT2D eigenvalue weighted by atomic mass is 16.5. The fourth-order valence-corrected chi connectivity index (χ4v) is 2.44. The minimum Gasteiger partial charge on any atom is -0.481 e. The van der Waals surface area contributed by atoms with Gasteiger partial charge in [-0.3, -0.25) is 9.59 Å². The van der Waals surface area contributed by atoms with Gasteiger partial charge in [0, 0.05) is 12.5 Å². The SMILES string of the molecule is CC1(C)CC1C(=O)NC1(CC(=O)O)CCOC1. The van der Waals surface area contributed by atoms with E-state index in [0.29, 0.717) is 19.6 Å². The first-order chi connectivity index (χ1) is 7.85. The van der Waals surface area contributed by atoms with Gasteiger partial charge in [-0.05, 0) is 18.3 Å². The summed E-state index contributed by atoms with van der Waals surface area (Å²) in [5, 5.41) is 11.8. The fraction of sp³-hybridized carbons (Fsp3) is 0.833. The molecule has 1 aliphatic carbocycles. The smallest absolute Gasteiger partial charge is 0.305 e. The number of hydrogen-bond donors (Lipinski definition) is 2. The quantitative estimate of drug-likeness (QED) is 0.762. The van der Waals surface area contributed by atoms with Crippen LogP contribution in [0.3, 0.4) is 0 Å². The Labute approximate surface area is 101 Å². The Kier molecular flexibility index (Phi) is 2.89. The molecule has 0 aromatic heterocycles. The van der Waals surface area contributed by atoms with E-state index in [1.807, 2.05) is 13.8 Å². The molecule has 2 N–H and O–H groups in total. The summed E-state index contributed by atoms with van der Waals surface area (Å²) in [6.07, 6.45) is 1.40. The lowest BCUT2D eigenvalue weighted by molar-refractivity contribution is -0.139. The largest absolute Gasteiger partial charge is 0.481 e. The first kappa shape index (κ1) is 12.4. The van der Waals surface area contributed by atoms with Crippen LogP contribution in [0.25, 0.3) is 0 Å². The standard InChI is InChI=1S/C12H19NO4/c1-11(2)5-8(11)10(16)13-12(6-9(14)15)3-4-17-7-12/h8H,3-7H2,1-2H3,(H,13,16)(H,14,15). The molecule has 0 radical (unpaired) electrons. The molecule has 1 saturated heterocycles. The van der Waals surface area contributed by atoms with Crippen molar-refractivity contribution in [3.63, 3.8) is 0 Å². The molecule has 0 aromatic rings. The van der Waals surface area contributed by atoms with Crippen molar-refractivity contribution >= 4 is 11.9 Å². The van der Waals surface area contributed by atoms with E-state index in [4.69, 9.17) is 9.84 Å². The zero-order chi connectivity index (χ0) is 12.7. The molecular weight excluding hydrogens is 222 g/mol. The summed E-state index contributed by atoms with van der Waals surface area (Å²) in [4.78, 5) is 22.9. The van der Waals surface area contributed by atoms with E-state index >= 15 is 0 Å². The molecule has 1 saturated carbocycles. The van der Waals surface area contributed by atoms with Crippen LogP contribution >= 0.6 is 0 Å². The molecule has 2 atom stereocenters. The summed E-state index contributed by atoms with van der Waals surface area (Å²) in [6, 6.07) is 0. The van der Waals surface area contributed by atoms with E-state index in [1.165, 1.54) is 0 Å². The Morgan fingerprint density at radius 3 is 2.53 bits per heavy atom. The van der Waals surface area contributed by atoms with Crippen molar-refractivity contribution in [1.29, 1.82) is 0 Å². The molecule has 17 heavy (non-hydrogen) atoms. The van der Waals surface area contributed by atoms with Gasteiger partial charge < -0.3 is 15.2 Å². The van der Waals surface area contributed by atoms with Crippen molar-refractivity contribution in [3.8, 4) is 0 Å². The van der Waals surface area contributed by atoms with Crippen LogP contribution in [0.4, 0.5) is 0 Å². The van der Waals surface area contributed by atoms with Gasteiger partial charge in [0.2, 0.25) is 5.91 Å². The van der Waals surface area contributed by atoms with Crippen molar-refractivity contribution in [2.45, 2.75) is 38.6 Å². The van der Waals surface area contributed by atoms with Crippen LogP contribution in [-0.4, -0.2) is 35.7 Å². The first-order valence-corrected chi connectivity index (χ1v) is 5.96. The van der Waals surface area contributed by atoms with Crippen molar-refractivity contribution < 1.29 is 19.4 Å². The third kappa shape index (κ3) is 2.60. The van der Waals surface area contributed by atoms with Crippen LogP contribution in [0.15, 0.2) is 0 Å². The Bertz CT molecular complexity index is 344. The summed E-state index contributed by atoms with van der Waals surface area (Å²) < 4.78 is 5.24. The molecule has 0 spiro atoms. The third-order valence-corrected chi connectivity index (χ3v) is 3.81. The van der Waals surface area contributed by atoms with E-state index in [9.17, 15) is 9.59 Å². The van der Waals surface area contributed by atoms with Crippen LogP contribution in [0.1, 0.15) is 33.1 Å². The lowest BCUT2D eigenvalue weighted by atomic mass is 9.93. The number of rotatable bonds is 4. The molecule has 96 valence electrons. The lowest BCUT2D eigenvalue weighted by Gasteiger charge is -2.27. The summed E-state index contributed by atoms with van der Waals surface area (Å²) in [6.45, 7) is 4.92. The fourth-order valence-electron chi connectivity index (χ4n) is 2.44. The molecule has 5 nitrogen and oxygen atoms in total. The number of carboxylic acid groups (broad SMARTS) is 1. The maximum absolute atomic E-state index is 12.0. The van der Waals surface area contributed by atoms with Gasteiger partial charge in [0.15, 0.2) is 0 Å². The van der Waals surface area contributed by atoms with Gasteiger partial charge >= 0.3 is 5.97 Å². The number of amides is 1. The Morgan fingerprint density at radius 1 is 1.47 bits per heavy atom. The second-order valence-corrected chi connectivity index (χ2v) is 5.89. The summed E-state index contributed by atoms with van der Waals surface area (Å²) in [7, 11) is 0. The highest BCUT2D eigenvalue weighted by Gasteiger charge is 2.52. The number of carbonyl (C=O) groups is 2. The van der Waals surface area contributed by atoms with E-state index < -0.39 is 11.5 Å². The van der Waals surface area contributed by atoms with Crippen LogP contribution in [0, 0.1) is 11.3 Å². The lowest BCUT2D eigenvalue weighted by Crippen LogP contribution is -2.51. The normalized spacial score (nSPS) is 34.4. The number of hydrogen-bond acceptors (Lipinski definition) is 3. The minimum atomic E-state index is -0.897. The van der Waals surface area contributed by atoms with Gasteiger partial charge in [0.05, 0.1) is 18.6 Å². The number of ether oxygens (including phenoxy) is 1. The van der Waals surface area contributed by atoms with Crippen LogP contribution in [0.2, 0.25) is 0 Å². The highest BCUT2D eigenvalue weighted by Crippen LogP contribution is 2.51. The molecule has 0 bridgehead atoms. The Hall–Kier alpha value is -1.10. The second-order valence-electron chi connectivity index (χ2n) is 5.89. The molecule has 2 rings (SSSR count). The summed E-state index contributed by atoms with van der Waals surface area (Å²) in [5.41, 5.74) is -0.629. The van der Waals surface area contributed by atoms with Crippen molar-refractivity contribution in [3.05, 3.63) is 0 Å². The predicted molar refractivity (Wildman–Crippen MR) is 60.5 cm³/mol. The van der Waals surface area contributed by atoms with Gasteiger partial charge in [0.1, 0.15) is 0 Å². The summed E-state index contributed by atoms with van der Waals surface area (Å²) in [5.74, 6) is -0.902. The maximum atomic E-state index is 12.0. The van der Waals surface area contributed by atoms with E-state index in [2.05, 4.69) is 5.32 Å². The van der Waals surface area contributed by atoms with E-state index in [1.54, 1.807) is 0 Å². The average Bonchev–Trinajstić information content (AvgIpc) is 2.62. The number of nitrogens with one attached hydrogen (secondary N) is 1. The molecular formula is C12H19NO4. The van der Waals surface area contributed by atoms with Crippen molar-refractivity contribution in [2.24, 2.45) is 11.3 Å². The molecule has 2 aliphatic rings. The molecule has 2 unspecified atom stereocenters. The topological polar surface area (TPSA) is 75.6 Å². The van der Waals surface area contributed by atoms with Crippen LogP contribution < -0.4 is 5.32 Å². The number of carbonyl (C=O) groups excluding carboxylic acids is 1. The Morgan fingerprint density at radius 2 is 2.12 bits per heavy atom. The third-order valence-electron chi connectivity index (χ3n) is 3.81. The zero-order valence-electron chi connectivity index (χ0n) is 10.3. The number of carboxylic acids is 1. The molecule has 2 fully saturated rings. The second kappa shape index (κ2) is 3.98. The maximum Gasteiger partial charge on any atom is 0.305 e. The van der Waals surface area contributed by atoms with Crippen molar-refractivity contribution in [2.75, 3.05) is 13.2 Å². The van der Waals surface area contributed by atoms with Gasteiger partial charge in [-0.25, -0.2) is 0 Å². The van der Waals surface area contributed by atoms with Crippen LogP contribution in [0.5, 0.6) is 0 Å². The average molecular weight is 241 g/mol. The minimum absolute atomic E-state index is 0.0220. The summed E-state index contributed by atoms with van der Waals surface area (Å²) >= 11 is 0. The van der Waals surface area contributed by atoms with Crippen molar-refractivity contribution in [1.82, 2.24) is 5.32 Å². The molecule has 5 heteroatoms. The number of aliphatic carboxylic acids is 1. The zero-order valence-corrected chi connectivity index (χ0v) is 10.3. The van der Waals surface area contributed by atoms with Crippen LogP contribution in [-0.2, 0) is 14.3 Å². The van der Waals surface area contributed by atoms with Gasteiger partial charge in [0.25, 0.3) is 0 Å². The highest BCUT2D eigenvalue weighted by molar-refractivity contribution is 5.84. The monoisotopic (exact) mass is 241 g/mol. The van der Waals surface area contributed by atoms with E-state index in [0.717, 1.165) is 6.42 Å². The van der Waals surface area contributed by atoms with Gasteiger partial charge in [-0.2, -0.15) is 0 Å². The van der Waals surface area contributed by atoms with Gasteiger partial charge in [-0.15, -0.1) is 0 Å². The molecule has 1 amide bonds. The molecule has 0 aromatic carbocycles. The molecule has 1 aliphatic heterocycles. The first-order valence-electron chi connectivity index (χ1n) is 5.96.